The predicted octanol–water partition coefficient (Wildman–Crippen LogP) is 0.872. The predicted molar refractivity (Wildman–Crippen MR) is 65.8 cm³/mol. The van der Waals surface area contributed by atoms with Gasteiger partial charge in [-0.15, -0.1) is 11.3 Å². The molecule has 1 aromatic heterocycles. The van der Waals surface area contributed by atoms with E-state index in [9.17, 15) is 0 Å². The van der Waals surface area contributed by atoms with Gasteiger partial charge in [0.2, 0.25) is 0 Å². The number of likely N-dealkylation sites (N-methyl/N-ethyl adjacent to an activating group) is 1. The number of ether oxygens (including phenoxy) is 1. The Kier molecular flexibility index (Phi) is 4.29. The van der Waals surface area contributed by atoms with Gasteiger partial charge in [0.25, 0.3) is 0 Å². The van der Waals surface area contributed by atoms with Crippen LogP contribution in [0.4, 0.5) is 0 Å². The Morgan fingerprint density at radius 3 is 3.25 bits per heavy atom. The Morgan fingerprint density at radius 1 is 1.69 bits per heavy atom. The van der Waals surface area contributed by atoms with E-state index < -0.39 is 0 Å². The summed E-state index contributed by atoms with van der Waals surface area (Å²) in [5.74, 6) is 0. The zero-order valence-corrected chi connectivity index (χ0v) is 10.7. The lowest BCUT2D eigenvalue weighted by atomic mass is 10.2. The van der Waals surface area contributed by atoms with Crippen molar-refractivity contribution in [3.63, 3.8) is 0 Å². The van der Waals surface area contributed by atoms with E-state index in [0.717, 1.165) is 32.8 Å². The molecule has 1 aliphatic heterocycles. The van der Waals surface area contributed by atoms with Crippen LogP contribution in [0.2, 0.25) is 0 Å². The van der Waals surface area contributed by atoms with Gasteiger partial charge in [0, 0.05) is 31.1 Å². The van der Waals surface area contributed by atoms with E-state index in [1.54, 1.807) is 11.3 Å². The minimum Gasteiger partial charge on any atom is -0.374 e. The number of aromatic nitrogens is 1. The van der Waals surface area contributed by atoms with E-state index in [1.807, 2.05) is 12.6 Å². The van der Waals surface area contributed by atoms with Crippen molar-refractivity contribution in [3.8, 4) is 0 Å². The van der Waals surface area contributed by atoms with Gasteiger partial charge in [-0.2, -0.15) is 0 Å². The summed E-state index contributed by atoms with van der Waals surface area (Å²) >= 11 is 1.75. The lowest BCUT2D eigenvalue weighted by Gasteiger charge is -2.32. The molecule has 1 saturated heterocycles. The first-order valence-corrected chi connectivity index (χ1v) is 6.55. The fourth-order valence-electron chi connectivity index (χ4n) is 1.96. The first-order chi connectivity index (χ1) is 7.79. The van der Waals surface area contributed by atoms with E-state index in [4.69, 9.17) is 4.74 Å². The fourth-order valence-corrected chi connectivity index (χ4v) is 2.77. The summed E-state index contributed by atoms with van der Waals surface area (Å²) in [4.78, 5) is 8.12. The van der Waals surface area contributed by atoms with Crippen LogP contribution in [0.1, 0.15) is 10.6 Å². The molecular weight excluding hydrogens is 222 g/mol. The molecule has 1 atom stereocenters. The standard InChI is InChI=1S/C11H19N3OS/c1-9-11(16-8-13-9)7-14-3-4-15-10(6-14)5-12-2/h8,10,12H,3-7H2,1-2H3. The summed E-state index contributed by atoms with van der Waals surface area (Å²) in [6, 6.07) is 0. The quantitative estimate of drug-likeness (QED) is 0.849. The number of morpholine rings is 1. The van der Waals surface area contributed by atoms with Gasteiger partial charge in [0.15, 0.2) is 0 Å². The number of hydrogen-bond donors (Lipinski definition) is 1. The smallest absolute Gasteiger partial charge is 0.0826 e. The van der Waals surface area contributed by atoms with Crippen molar-refractivity contribution in [1.82, 2.24) is 15.2 Å². The van der Waals surface area contributed by atoms with Crippen molar-refractivity contribution in [2.75, 3.05) is 33.3 Å². The van der Waals surface area contributed by atoms with Crippen LogP contribution in [0, 0.1) is 6.92 Å². The zero-order chi connectivity index (χ0) is 11.4. The summed E-state index contributed by atoms with van der Waals surface area (Å²) in [7, 11) is 1.97. The first kappa shape index (κ1) is 12.0. The van der Waals surface area contributed by atoms with Gasteiger partial charge in [-0.1, -0.05) is 0 Å². The van der Waals surface area contributed by atoms with Crippen molar-refractivity contribution in [3.05, 3.63) is 16.1 Å². The van der Waals surface area contributed by atoms with Gasteiger partial charge < -0.3 is 10.1 Å². The average Bonchev–Trinajstić information content (AvgIpc) is 2.66. The minimum absolute atomic E-state index is 0.326. The molecule has 0 spiro atoms. The van der Waals surface area contributed by atoms with E-state index in [-0.39, 0.29) is 0 Å². The molecule has 2 heterocycles. The van der Waals surface area contributed by atoms with Gasteiger partial charge in [0.1, 0.15) is 0 Å². The highest BCUT2D eigenvalue weighted by Gasteiger charge is 2.20. The summed E-state index contributed by atoms with van der Waals surface area (Å²) < 4.78 is 5.68. The normalized spacial score (nSPS) is 22.5. The lowest BCUT2D eigenvalue weighted by molar-refractivity contribution is -0.0289. The first-order valence-electron chi connectivity index (χ1n) is 5.67. The fraction of sp³-hybridized carbons (Fsp3) is 0.727. The van der Waals surface area contributed by atoms with Crippen LogP contribution in [-0.2, 0) is 11.3 Å². The second-order valence-corrected chi connectivity index (χ2v) is 5.09. The van der Waals surface area contributed by atoms with E-state index in [1.165, 1.54) is 10.6 Å². The molecule has 0 bridgehead atoms. The molecule has 1 unspecified atom stereocenters. The van der Waals surface area contributed by atoms with Gasteiger partial charge in [0.05, 0.1) is 23.9 Å². The molecule has 1 N–H and O–H groups in total. The third kappa shape index (κ3) is 3.01. The van der Waals surface area contributed by atoms with Crippen LogP contribution in [-0.4, -0.2) is 49.3 Å². The summed E-state index contributed by atoms with van der Waals surface area (Å²) in [6.07, 6.45) is 0.326. The Bertz CT molecular complexity index is 327. The maximum atomic E-state index is 5.68. The van der Waals surface area contributed by atoms with Gasteiger partial charge in [-0.05, 0) is 14.0 Å². The SMILES string of the molecule is CNCC1CN(Cc2scnc2C)CCO1. The maximum Gasteiger partial charge on any atom is 0.0826 e. The van der Waals surface area contributed by atoms with Crippen LogP contribution in [0.25, 0.3) is 0 Å². The second-order valence-electron chi connectivity index (χ2n) is 4.15. The van der Waals surface area contributed by atoms with Gasteiger partial charge >= 0.3 is 0 Å². The second kappa shape index (κ2) is 5.72. The Hall–Kier alpha value is -0.490. The Balaban J connectivity index is 1.88. The topological polar surface area (TPSA) is 37.4 Å². The third-order valence-electron chi connectivity index (χ3n) is 2.87. The molecule has 0 amide bonds. The van der Waals surface area contributed by atoms with Crippen molar-refractivity contribution in [2.24, 2.45) is 0 Å². The number of nitrogens with one attached hydrogen (secondary N) is 1. The molecule has 16 heavy (non-hydrogen) atoms. The van der Waals surface area contributed by atoms with E-state index in [0.29, 0.717) is 6.10 Å². The van der Waals surface area contributed by atoms with Gasteiger partial charge in [-0.3, -0.25) is 4.90 Å². The molecule has 0 aromatic carbocycles. The Labute approximate surface area is 101 Å². The van der Waals surface area contributed by atoms with Crippen molar-refractivity contribution in [2.45, 2.75) is 19.6 Å². The van der Waals surface area contributed by atoms with E-state index in [2.05, 4.69) is 22.1 Å². The molecule has 4 nitrogen and oxygen atoms in total. The molecule has 0 saturated carbocycles. The zero-order valence-electron chi connectivity index (χ0n) is 9.90. The number of nitrogens with zero attached hydrogens (tertiary/aromatic N) is 2. The van der Waals surface area contributed by atoms with Crippen molar-refractivity contribution < 1.29 is 4.74 Å². The highest BCUT2D eigenvalue weighted by molar-refractivity contribution is 7.09. The van der Waals surface area contributed by atoms with Crippen LogP contribution in [0.15, 0.2) is 5.51 Å². The molecule has 90 valence electrons. The number of rotatable bonds is 4. The van der Waals surface area contributed by atoms with Crippen LogP contribution < -0.4 is 5.32 Å². The number of thiazole rings is 1. The molecule has 0 aliphatic carbocycles. The molecule has 0 radical (unpaired) electrons. The lowest BCUT2D eigenvalue weighted by Crippen LogP contribution is -2.45. The summed E-state index contributed by atoms with van der Waals surface area (Å²) in [6.45, 7) is 6.90. The molecule has 1 aliphatic rings. The largest absolute Gasteiger partial charge is 0.374 e. The minimum atomic E-state index is 0.326. The molecule has 5 heteroatoms. The highest BCUT2D eigenvalue weighted by Crippen LogP contribution is 2.16. The van der Waals surface area contributed by atoms with Crippen molar-refractivity contribution >= 4 is 11.3 Å². The Morgan fingerprint density at radius 2 is 2.56 bits per heavy atom. The van der Waals surface area contributed by atoms with Crippen LogP contribution >= 0.6 is 11.3 Å². The number of aryl methyl sites for hydroxylation is 1. The van der Waals surface area contributed by atoms with E-state index >= 15 is 0 Å². The third-order valence-corrected chi connectivity index (χ3v) is 3.79. The summed E-state index contributed by atoms with van der Waals surface area (Å²) in [5, 5.41) is 3.17. The van der Waals surface area contributed by atoms with Gasteiger partial charge in [-0.25, -0.2) is 4.98 Å². The number of hydrogen-bond acceptors (Lipinski definition) is 5. The molecular formula is C11H19N3OS. The van der Waals surface area contributed by atoms with Crippen LogP contribution in [0.3, 0.4) is 0 Å². The van der Waals surface area contributed by atoms with Crippen LogP contribution in [0.5, 0.6) is 0 Å². The van der Waals surface area contributed by atoms with Crippen molar-refractivity contribution in [1.29, 1.82) is 0 Å². The summed E-state index contributed by atoms with van der Waals surface area (Å²) in [5.41, 5.74) is 3.09. The molecule has 2 rings (SSSR count). The molecule has 1 aromatic rings. The maximum absolute atomic E-state index is 5.68. The molecule has 1 fully saturated rings. The highest BCUT2D eigenvalue weighted by atomic mass is 32.1. The monoisotopic (exact) mass is 241 g/mol. The average molecular weight is 241 g/mol.